The standard InChI is InChI=1S/C13H14ClN3O4/c1-21-12(19)9-3-2-7(4-10(9)14)16-13(20)17-8-5-11(18)15-6-8/h2-4,8H,5-6H2,1H3,(H,15,18)(H2,16,17,20)/t8-/m1/s1. The molecule has 0 unspecified atom stereocenters. The molecule has 1 heterocycles. The van der Waals surface area contributed by atoms with Crippen LogP contribution in [0.2, 0.25) is 5.02 Å². The first-order valence-electron chi connectivity index (χ1n) is 6.21. The molecule has 0 spiro atoms. The summed E-state index contributed by atoms with van der Waals surface area (Å²) in [6.07, 6.45) is 0.259. The molecule has 1 aliphatic heterocycles. The van der Waals surface area contributed by atoms with E-state index in [0.29, 0.717) is 12.2 Å². The van der Waals surface area contributed by atoms with E-state index in [1.54, 1.807) is 0 Å². The third-order valence-corrected chi connectivity index (χ3v) is 3.26. The van der Waals surface area contributed by atoms with E-state index in [1.807, 2.05) is 0 Å². The maximum Gasteiger partial charge on any atom is 0.339 e. The Balaban J connectivity index is 1.96. The number of carbonyl (C=O) groups excluding carboxylic acids is 3. The molecule has 0 aromatic heterocycles. The highest BCUT2D eigenvalue weighted by atomic mass is 35.5. The monoisotopic (exact) mass is 311 g/mol. The minimum atomic E-state index is -0.549. The largest absolute Gasteiger partial charge is 0.465 e. The lowest BCUT2D eigenvalue weighted by Gasteiger charge is -2.12. The van der Waals surface area contributed by atoms with Crippen molar-refractivity contribution in [3.63, 3.8) is 0 Å². The number of benzene rings is 1. The zero-order chi connectivity index (χ0) is 15.4. The van der Waals surface area contributed by atoms with E-state index in [0.717, 1.165) is 0 Å². The highest BCUT2D eigenvalue weighted by molar-refractivity contribution is 6.33. The highest BCUT2D eigenvalue weighted by Gasteiger charge is 2.22. The molecule has 3 N–H and O–H groups in total. The van der Waals surface area contributed by atoms with Gasteiger partial charge in [-0.1, -0.05) is 11.6 Å². The van der Waals surface area contributed by atoms with Crippen LogP contribution in [0, 0.1) is 0 Å². The molecular formula is C13H14ClN3O4. The molecule has 3 amide bonds. The number of urea groups is 1. The predicted molar refractivity (Wildman–Crippen MR) is 76.4 cm³/mol. The smallest absolute Gasteiger partial charge is 0.339 e. The predicted octanol–water partition coefficient (Wildman–Crippen LogP) is 1.14. The fourth-order valence-electron chi connectivity index (χ4n) is 1.93. The van der Waals surface area contributed by atoms with Gasteiger partial charge in [0.2, 0.25) is 5.91 Å². The van der Waals surface area contributed by atoms with Crippen LogP contribution in [0.15, 0.2) is 18.2 Å². The maximum absolute atomic E-state index is 11.8. The van der Waals surface area contributed by atoms with Gasteiger partial charge in [-0.25, -0.2) is 9.59 Å². The molecule has 1 atom stereocenters. The number of rotatable bonds is 3. The van der Waals surface area contributed by atoms with Crippen LogP contribution in [0.4, 0.5) is 10.5 Å². The van der Waals surface area contributed by atoms with Gasteiger partial charge in [0.1, 0.15) is 0 Å². The Morgan fingerprint density at radius 3 is 2.76 bits per heavy atom. The van der Waals surface area contributed by atoms with Gasteiger partial charge in [0, 0.05) is 18.7 Å². The zero-order valence-corrected chi connectivity index (χ0v) is 12.0. The summed E-state index contributed by atoms with van der Waals surface area (Å²) in [5, 5.41) is 8.04. The molecule has 1 fully saturated rings. The van der Waals surface area contributed by atoms with Gasteiger partial charge >= 0.3 is 12.0 Å². The Kier molecular flexibility index (Phi) is 4.64. The van der Waals surface area contributed by atoms with Crippen LogP contribution in [0.3, 0.4) is 0 Å². The Labute approximate surface area is 126 Å². The summed E-state index contributed by atoms with van der Waals surface area (Å²) in [6.45, 7) is 0.411. The number of ether oxygens (including phenoxy) is 1. The topological polar surface area (TPSA) is 96.5 Å². The van der Waals surface area contributed by atoms with E-state index in [1.165, 1.54) is 25.3 Å². The molecule has 1 aromatic carbocycles. The van der Waals surface area contributed by atoms with Crippen molar-refractivity contribution in [2.24, 2.45) is 0 Å². The first kappa shape index (κ1) is 15.1. The second kappa shape index (κ2) is 6.45. The number of halogens is 1. The number of hydrogen-bond acceptors (Lipinski definition) is 4. The second-order valence-electron chi connectivity index (χ2n) is 4.49. The van der Waals surface area contributed by atoms with Crippen LogP contribution in [0.5, 0.6) is 0 Å². The molecule has 2 rings (SSSR count). The molecule has 8 heteroatoms. The van der Waals surface area contributed by atoms with E-state index in [4.69, 9.17) is 11.6 Å². The number of methoxy groups -OCH3 is 1. The Hall–Kier alpha value is -2.28. The van der Waals surface area contributed by atoms with Crippen LogP contribution < -0.4 is 16.0 Å². The van der Waals surface area contributed by atoms with Crippen molar-refractivity contribution in [3.8, 4) is 0 Å². The fraction of sp³-hybridized carbons (Fsp3) is 0.308. The van der Waals surface area contributed by atoms with Crippen LogP contribution in [-0.2, 0) is 9.53 Å². The van der Waals surface area contributed by atoms with Gasteiger partial charge < -0.3 is 20.7 Å². The first-order valence-corrected chi connectivity index (χ1v) is 6.59. The number of nitrogens with one attached hydrogen (secondary N) is 3. The van der Waals surface area contributed by atoms with Crippen molar-refractivity contribution in [2.75, 3.05) is 19.0 Å². The third kappa shape index (κ3) is 3.85. The normalized spacial score (nSPS) is 17.0. The van der Waals surface area contributed by atoms with Gasteiger partial charge in [0.15, 0.2) is 0 Å². The average molecular weight is 312 g/mol. The van der Waals surface area contributed by atoms with Gasteiger partial charge in [0.25, 0.3) is 0 Å². The van der Waals surface area contributed by atoms with Crippen LogP contribution in [0.1, 0.15) is 16.8 Å². The third-order valence-electron chi connectivity index (χ3n) is 2.94. The molecule has 0 aliphatic carbocycles. The van der Waals surface area contributed by atoms with Gasteiger partial charge in [-0.15, -0.1) is 0 Å². The fourth-order valence-corrected chi connectivity index (χ4v) is 2.19. The molecule has 1 aliphatic rings. The molecule has 112 valence electrons. The van der Waals surface area contributed by atoms with Crippen molar-refractivity contribution in [1.82, 2.24) is 10.6 Å². The van der Waals surface area contributed by atoms with Gasteiger partial charge in [-0.05, 0) is 18.2 Å². The quantitative estimate of drug-likeness (QED) is 0.729. The Morgan fingerprint density at radius 1 is 1.43 bits per heavy atom. The van der Waals surface area contributed by atoms with Crippen LogP contribution >= 0.6 is 11.6 Å². The van der Waals surface area contributed by atoms with E-state index in [2.05, 4.69) is 20.7 Å². The highest BCUT2D eigenvalue weighted by Crippen LogP contribution is 2.21. The maximum atomic E-state index is 11.8. The molecule has 0 radical (unpaired) electrons. The van der Waals surface area contributed by atoms with Crippen molar-refractivity contribution < 1.29 is 19.1 Å². The molecule has 1 aromatic rings. The lowest BCUT2D eigenvalue weighted by Crippen LogP contribution is -2.39. The minimum absolute atomic E-state index is 0.0919. The summed E-state index contributed by atoms with van der Waals surface area (Å²) >= 11 is 5.95. The van der Waals surface area contributed by atoms with Gasteiger partial charge in [-0.2, -0.15) is 0 Å². The van der Waals surface area contributed by atoms with Crippen molar-refractivity contribution in [3.05, 3.63) is 28.8 Å². The van der Waals surface area contributed by atoms with Crippen LogP contribution in [0.25, 0.3) is 0 Å². The van der Waals surface area contributed by atoms with E-state index in [9.17, 15) is 14.4 Å². The first-order chi connectivity index (χ1) is 9.99. The molecular weight excluding hydrogens is 298 g/mol. The Morgan fingerprint density at radius 2 is 2.19 bits per heavy atom. The number of hydrogen-bond donors (Lipinski definition) is 3. The van der Waals surface area contributed by atoms with Gasteiger partial charge in [-0.3, -0.25) is 4.79 Å². The minimum Gasteiger partial charge on any atom is -0.465 e. The van der Waals surface area contributed by atoms with Crippen molar-refractivity contribution >= 4 is 35.2 Å². The molecule has 0 bridgehead atoms. The van der Waals surface area contributed by atoms with E-state index < -0.39 is 12.0 Å². The van der Waals surface area contributed by atoms with Crippen molar-refractivity contribution in [2.45, 2.75) is 12.5 Å². The molecule has 1 saturated heterocycles. The van der Waals surface area contributed by atoms with Crippen molar-refractivity contribution in [1.29, 1.82) is 0 Å². The SMILES string of the molecule is COC(=O)c1ccc(NC(=O)N[C@H]2CNC(=O)C2)cc1Cl. The number of carbonyl (C=O) groups is 3. The lowest BCUT2D eigenvalue weighted by atomic mass is 10.2. The molecule has 21 heavy (non-hydrogen) atoms. The zero-order valence-electron chi connectivity index (χ0n) is 11.2. The lowest BCUT2D eigenvalue weighted by molar-refractivity contribution is -0.119. The van der Waals surface area contributed by atoms with E-state index >= 15 is 0 Å². The summed E-state index contributed by atoms with van der Waals surface area (Å²) in [7, 11) is 1.26. The summed E-state index contributed by atoms with van der Waals surface area (Å²) < 4.78 is 4.57. The molecule has 7 nitrogen and oxygen atoms in total. The van der Waals surface area contributed by atoms with Crippen LogP contribution in [-0.4, -0.2) is 37.6 Å². The summed E-state index contributed by atoms with van der Waals surface area (Å²) in [4.78, 5) is 34.2. The average Bonchev–Trinajstić information content (AvgIpc) is 2.83. The molecule has 0 saturated carbocycles. The number of amides is 3. The van der Waals surface area contributed by atoms with Gasteiger partial charge in [0.05, 0.1) is 23.7 Å². The summed E-state index contributed by atoms with van der Waals surface area (Å²) in [5.41, 5.74) is 0.651. The summed E-state index contributed by atoms with van der Waals surface area (Å²) in [6, 6.07) is 3.77. The Bertz CT molecular complexity index is 591. The van der Waals surface area contributed by atoms with E-state index in [-0.39, 0.29) is 29.0 Å². The summed E-state index contributed by atoms with van der Waals surface area (Å²) in [5.74, 6) is -0.641. The number of anilines is 1. The number of esters is 1. The second-order valence-corrected chi connectivity index (χ2v) is 4.90.